The molecule has 1 heterocycles. The van der Waals surface area contributed by atoms with E-state index in [2.05, 4.69) is 15.6 Å². The minimum absolute atomic E-state index is 0.167. The average molecular weight is 379 g/mol. The van der Waals surface area contributed by atoms with Gasteiger partial charge in [0.1, 0.15) is 17.4 Å². The minimum atomic E-state index is -0.244. The molecule has 144 valence electrons. The minimum Gasteiger partial charge on any atom is -0.497 e. The van der Waals surface area contributed by atoms with Gasteiger partial charge < -0.3 is 15.4 Å². The second-order valence-corrected chi connectivity index (χ2v) is 6.26. The Balaban J connectivity index is 1.51. The van der Waals surface area contributed by atoms with Crippen molar-refractivity contribution in [3.8, 4) is 5.75 Å². The van der Waals surface area contributed by atoms with E-state index in [1.54, 1.807) is 37.6 Å². The molecule has 0 aliphatic heterocycles. The van der Waals surface area contributed by atoms with Crippen LogP contribution in [-0.2, 0) is 13.0 Å². The zero-order chi connectivity index (χ0) is 19.8. The highest BCUT2D eigenvalue weighted by Gasteiger charge is 2.07. The lowest BCUT2D eigenvalue weighted by atomic mass is 10.1. The zero-order valence-electron chi connectivity index (χ0n) is 15.6. The molecule has 0 fully saturated rings. The first kappa shape index (κ1) is 19.4. The molecule has 0 aliphatic rings. The topological polar surface area (TPSA) is 63.2 Å². The Morgan fingerprint density at radius 1 is 1.04 bits per heavy atom. The van der Waals surface area contributed by atoms with Gasteiger partial charge in [-0.15, -0.1) is 0 Å². The number of rotatable bonds is 8. The molecule has 0 saturated heterocycles. The highest BCUT2D eigenvalue weighted by atomic mass is 19.1. The maximum Gasteiger partial charge on any atom is 0.251 e. The van der Waals surface area contributed by atoms with Gasteiger partial charge in [-0.3, -0.25) is 4.79 Å². The highest BCUT2D eigenvalue weighted by Crippen LogP contribution is 2.12. The van der Waals surface area contributed by atoms with E-state index in [1.165, 1.54) is 12.1 Å². The van der Waals surface area contributed by atoms with Crippen LogP contribution in [0.5, 0.6) is 5.75 Å². The fraction of sp³-hybridized carbons (Fsp3) is 0.182. The van der Waals surface area contributed by atoms with Gasteiger partial charge in [-0.05, 0) is 53.9 Å². The van der Waals surface area contributed by atoms with E-state index in [4.69, 9.17) is 4.74 Å². The molecule has 3 aromatic rings. The van der Waals surface area contributed by atoms with Crippen LogP contribution in [0.4, 0.5) is 10.2 Å². The standard InChI is InChI=1S/C22H22FN3O2/c1-28-20-8-4-17(5-9-20)15-26-22(27)18-11-13-25-21(14-18)24-12-10-16-2-6-19(23)7-3-16/h2-9,11,13-14H,10,12,15H2,1H3,(H,24,25)(H,26,27). The molecule has 6 heteroatoms. The van der Waals surface area contributed by atoms with Gasteiger partial charge in [-0.1, -0.05) is 24.3 Å². The monoisotopic (exact) mass is 379 g/mol. The first-order chi connectivity index (χ1) is 13.6. The van der Waals surface area contributed by atoms with Crippen molar-refractivity contribution < 1.29 is 13.9 Å². The number of halogens is 1. The molecule has 1 aromatic heterocycles. The number of hydrogen-bond acceptors (Lipinski definition) is 4. The van der Waals surface area contributed by atoms with E-state index in [9.17, 15) is 9.18 Å². The Hall–Kier alpha value is -3.41. The number of pyridine rings is 1. The van der Waals surface area contributed by atoms with Crippen LogP contribution < -0.4 is 15.4 Å². The van der Waals surface area contributed by atoms with Crippen molar-refractivity contribution in [2.45, 2.75) is 13.0 Å². The predicted molar refractivity (Wildman–Crippen MR) is 107 cm³/mol. The SMILES string of the molecule is COc1ccc(CNC(=O)c2ccnc(NCCc3ccc(F)cc3)c2)cc1. The maximum absolute atomic E-state index is 12.9. The van der Waals surface area contributed by atoms with Gasteiger partial charge in [0.25, 0.3) is 5.91 Å². The average Bonchev–Trinajstić information content (AvgIpc) is 2.74. The van der Waals surface area contributed by atoms with Crippen molar-refractivity contribution in [3.05, 3.63) is 89.4 Å². The molecule has 0 unspecified atom stereocenters. The summed E-state index contributed by atoms with van der Waals surface area (Å²) >= 11 is 0. The summed E-state index contributed by atoms with van der Waals surface area (Å²) in [5.74, 6) is 0.992. The number of benzene rings is 2. The number of nitrogens with zero attached hydrogens (tertiary/aromatic N) is 1. The molecule has 0 bridgehead atoms. The summed E-state index contributed by atoms with van der Waals surface area (Å²) in [6.45, 7) is 1.06. The molecule has 0 aliphatic carbocycles. The lowest BCUT2D eigenvalue weighted by molar-refractivity contribution is 0.0951. The first-order valence-corrected chi connectivity index (χ1v) is 8.99. The van der Waals surface area contributed by atoms with E-state index < -0.39 is 0 Å². The van der Waals surface area contributed by atoms with Crippen LogP contribution in [-0.4, -0.2) is 24.5 Å². The van der Waals surface area contributed by atoms with E-state index in [0.717, 1.165) is 23.3 Å². The summed E-state index contributed by atoms with van der Waals surface area (Å²) in [6, 6.07) is 17.3. The van der Waals surface area contributed by atoms with Crippen LogP contribution in [0.15, 0.2) is 66.9 Å². The fourth-order valence-electron chi connectivity index (χ4n) is 2.68. The third kappa shape index (κ3) is 5.54. The summed E-state index contributed by atoms with van der Waals surface area (Å²) < 4.78 is 18.1. The van der Waals surface area contributed by atoms with E-state index in [0.29, 0.717) is 24.5 Å². The summed E-state index contributed by atoms with van der Waals surface area (Å²) in [5.41, 5.74) is 2.55. The normalized spacial score (nSPS) is 10.4. The molecule has 1 amide bonds. The van der Waals surface area contributed by atoms with Crippen LogP contribution >= 0.6 is 0 Å². The lowest BCUT2D eigenvalue weighted by Crippen LogP contribution is -2.23. The third-order valence-electron chi connectivity index (χ3n) is 4.27. The van der Waals surface area contributed by atoms with Crippen molar-refractivity contribution in [1.29, 1.82) is 0 Å². The number of ether oxygens (including phenoxy) is 1. The number of carbonyl (C=O) groups excluding carboxylic acids is 1. The number of methoxy groups -OCH3 is 1. The van der Waals surface area contributed by atoms with E-state index in [-0.39, 0.29) is 11.7 Å². The number of aromatic nitrogens is 1. The number of carbonyl (C=O) groups is 1. The molecule has 28 heavy (non-hydrogen) atoms. The quantitative estimate of drug-likeness (QED) is 0.625. The number of nitrogens with one attached hydrogen (secondary N) is 2. The second kappa shape index (κ2) is 9.50. The summed E-state index contributed by atoms with van der Waals surface area (Å²) in [6.07, 6.45) is 2.33. The van der Waals surface area contributed by atoms with Crippen molar-refractivity contribution in [3.63, 3.8) is 0 Å². The molecule has 0 atom stereocenters. The van der Waals surface area contributed by atoms with Crippen molar-refractivity contribution in [1.82, 2.24) is 10.3 Å². The fourth-order valence-corrected chi connectivity index (χ4v) is 2.68. The second-order valence-electron chi connectivity index (χ2n) is 6.26. The molecular formula is C22H22FN3O2. The molecule has 0 radical (unpaired) electrons. The van der Waals surface area contributed by atoms with E-state index >= 15 is 0 Å². The van der Waals surface area contributed by atoms with Crippen LogP contribution in [0.1, 0.15) is 21.5 Å². The predicted octanol–water partition coefficient (Wildman–Crippen LogP) is 3.81. The van der Waals surface area contributed by atoms with Crippen LogP contribution in [0, 0.1) is 5.82 Å². The van der Waals surface area contributed by atoms with Crippen LogP contribution in [0.2, 0.25) is 0 Å². The Labute approximate surface area is 163 Å². The van der Waals surface area contributed by atoms with Gasteiger partial charge in [0.05, 0.1) is 7.11 Å². The third-order valence-corrected chi connectivity index (χ3v) is 4.27. The van der Waals surface area contributed by atoms with Crippen LogP contribution in [0.3, 0.4) is 0 Å². The Bertz CT molecular complexity index is 912. The van der Waals surface area contributed by atoms with Crippen molar-refractivity contribution in [2.24, 2.45) is 0 Å². The van der Waals surface area contributed by atoms with Gasteiger partial charge in [-0.2, -0.15) is 0 Å². The lowest BCUT2D eigenvalue weighted by Gasteiger charge is -2.09. The summed E-state index contributed by atoms with van der Waals surface area (Å²) in [4.78, 5) is 16.6. The first-order valence-electron chi connectivity index (χ1n) is 8.99. The molecular weight excluding hydrogens is 357 g/mol. The summed E-state index contributed by atoms with van der Waals surface area (Å²) in [5, 5.41) is 6.09. The van der Waals surface area contributed by atoms with Gasteiger partial charge >= 0.3 is 0 Å². The molecule has 2 aromatic carbocycles. The molecule has 3 rings (SSSR count). The Morgan fingerprint density at radius 3 is 2.46 bits per heavy atom. The van der Waals surface area contributed by atoms with Crippen LogP contribution in [0.25, 0.3) is 0 Å². The maximum atomic E-state index is 12.9. The van der Waals surface area contributed by atoms with E-state index in [1.807, 2.05) is 24.3 Å². The van der Waals surface area contributed by atoms with Crippen molar-refractivity contribution in [2.75, 3.05) is 19.0 Å². The molecule has 0 spiro atoms. The summed E-state index contributed by atoms with van der Waals surface area (Å²) in [7, 11) is 1.62. The largest absolute Gasteiger partial charge is 0.497 e. The molecule has 0 saturated carbocycles. The van der Waals surface area contributed by atoms with Gasteiger partial charge in [-0.25, -0.2) is 9.37 Å². The van der Waals surface area contributed by atoms with Gasteiger partial charge in [0.15, 0.2) is 0 Å². The van der Waals surface area contributed by atoms with Gasteiger partial charge in [0, 0.05) is 24.8 Å². The van der Waals surface area contributed by atoms with Gasteiger partial charge in [0.2, 0.25) is 0 Å². The molecule has 2 N–H and O–H groups in total. The molecule has 5 nitrogen and oxygen atoms in total. The Kier molecular flexibility index (Phi) is 6.57. The smallest absolute Gasteiger partial charge is 0.251 e. The zero-order valence-corrected chi connectivity index (χ0v) is 15.6. The number of anilines is 1. The number of hydrogen-bond donors (Lipinski definition) is 2. The number of amides is 1. The van der Waals surface area contributed by atoms with Crippen molar-refractivity contribution >= 4 is 11.7 Å². The Morgan fingerprint density at radius 2 is 1.75 bits per heavy atom. The highest BCUT2D eigenvalue weighted by molar-refractivity contribution is 5.94.